The molecule has 10 heavy (non-hydrogen) atoms. The molecule has 2 unspecified atom stereocenters. The molecule has 0 amide bonds. The molecule has 60 valence electrons. The molecule has 0 saturated heterocycles. The summed E-state index contributed by atoms with van der Waals surface area (Å²) in [6, 6.07) is 0.409. The van der Waals surface area contributed by atoms with E-state index in [-0.39, 0.29) is 0 Å². The van der Waals surface area contributed by atoms with E-state index in [0.29, 0.717) is 12.0 Å². The van der Waals surface area contributed by atoms with Gasteiger partial charge in [0.1, 0.15) is 0 Å². The van der Waals surface area contributed by atoms with Gasteiger partial charge in [-0.1, -0.05) is 6.42 Å². The highest BCUT2D eigenvalue weighted by Crippen LogP contribution is 2.23. The highest BCUT2D eigenvalue weighted by molar-refractivity contribution is 4.79. The second-order valence-corrected chi connectivity index (χ2v) is 3.01. The van der Waals surface area contributed by atoms with Crippen LogP contribution in [-0.2, 0) is 4.74 Å². The van der Waals surface area contributed by atoms with Crippen molar-refractivity contribution in [1.29, 1.82) is 0 Å². The van der Waals surface area contributed by atoms with Crippen molar-refractivity contribution in [2.24, 2.45) is 11.7 Å². The molecule has 0 heterocycles. The number of hydrogen-bond donors (Lipinski definition) is 1. The normalized spacial score (nSPS) is 33.0. The van der Waals surface area contributed by atoms with Gasteiger partial charge in [0, 0.05) is 12.6 Å². The molecule has 1 aliphatic rings. The predicted molar refractivity (Wildman–Crippen MR) is 41.8 cm³/mol. The Bertz CT molecular complexity index is 95.3. The molecule has 0 radical (unpaired) electrons. The smallest absolute Gasteiger partial charge is 0.0508 e. The van der Waals surface area contributed by atoms with Gasteiger partial charge in [0.25, 0.3) is 0 Å². The summed E-state index contributed by atoms with van der Waals surface area (Å²) >= 11 is 0. The largest absolute Gasteiger partial charge is 0.381 e. The Labute approximate surface area is 62.7 Å². The maximum atomic E-state index is 5.84. The number of hydrogen-bond acceptors (Lipinski definition) is 2. The third-order valence-corrected chi connectivity index (χ3v) is 2.25. The molecule has 2 nitrogen and oxygen atoms in total. The quantitative estimate of drug-likeness (QED) is 0.643. The molecule has 2 N–H and O–H groups in total. The predicted octanol–water partition coefficient (Wildman–Crippen LogP) is 1.15. The van der Waals surface area contributed by atoms with Gasteiger partial charge in [-0.05, 0) is 25.7 Å². The summed E-state index contributed by atoms with van der Waals surface area (Å²) in [5.41, 5.74) is 5.84. The first-order valence-electron chi connectivity index (χ1n) is 4.18. The molecule has 0 spiro atoms. The van der Waals surface area contributed by atoms with E-state index >= 15 is 0 Å². The van der Waals surface area contributed by atoms with Crippen molar-refractivity contribution in [1.82, 2.24) is 0 Å². The molecule has 1 aliphatic carbocycles. The summed E-state index contributed by atoms with van der Waals surface area (Å²) < 4.78 is 5.31. The number of rotatable bonds is 3. The van der Waals surface area contributed by atoms with Crippen LogP contribution < -0.4 is 5.73 Å². The molecule has 1 saturated carbocycles. The molecule has 0 aromatic carbocycles. The Hall–Kier alpha value is -0.0800. The minimum atomic E-state index is 0.409. The highest BCUT2D eigenvalue weighted by Gasteiger charge is 2.23. The van der Waals surface area contributed by atoms with E-state index in [1.807, 2.05) is 6.92 Å². The van der Waals surface area contributed by atoms with Gasteiger partial charge in [-0.25, -0.2) is 0 Å². The van der Waals surface area contributed by atoms with E-state index in [9.17, 15) is 0 Å². The Morgan fingerprint density at radius 1 is 1.50 bits per heavy atom. The van der Waals surface area contributed by atoms with E-state index in [0.717, 1.165) is 13.2 Å². The molecular formula is C8H17NO. The topological polar surface area (TPSA) is 35.2 Å². The SMILES string of the molecule is CCOCC1CCCC1N. The fourth-order valence-electron chi connectivity index (χ4n) is 1.54. The fraction of sp³-hybridized carbons (Fsp3) is 1.00. The van der Waals surface area contributed by atoms with Crippen molar-refractivity contribution >= 4 is 0 Å². The van der Waals surface area contributed by atoms with Crippen molar-refractivity contribution in [3.63, 3.8) is 0 Å². The van der Waals surface area contributed by atoms with Crippen LogP contribution in [0.5, 0.6) is 0 Å². The summed E-state index contributed by atoms with van der Waals surface area (Å²) in [5.74, 6) is 0.639. The minimum Gasteiger partial charge on any atom is -0.381 e. The van der Waals surface area contributed by atoms with E-state index in [2.05, 4.69) is 0 Å². The van der Waals surface area contributed by atoms with Crippen LogP contribution >= 0.6 is 0 Å². The lowest BCUT2D eigenvalue weighted by Gasteiger charge is -2.13. The van der Waals surface area contributed by atoms with Crippen LogP contribution in [-0.4, -0.2) is 19.3 Å². The second kappa shape index (κ2) is 3.94. The monoisotopic (exact) mass is 143 g/mol. The van der Waals surface area contributed by atoms with Crippen molar-refractivity contribution in [2.75, 3.05) is 13.2 Å². The van der Waals surface area contributed by atoms with Crippen molar-refractivity contribution in [3.8, 4) is 0 Å². The summed E-state index contributed by atoms with van der Waals surface area (Å²) in [6.45, 7) is 3.72. The van der Waals surface area contributed by atoms with E-state index in [4.69, 9.17) is 10.5 Å². The summed E-state index contributed by atoms with van der Waals surface area (Å²) in [7, 11) is 0. The summed E-state index contributed by atoms with van der Waals surface area (Å²) in [4.78, 5) is 0. The zero-order valence-corrected chi connectivity index (χ0v) is 6.68. The molecule has 1 fully saturated rings. The van der Waals surface area contributed by atoms with Crippen molar-refractivity contribution < 1.29 is 4.74 Å². The maximum Gasteiger partial charge on any atom is 0.0508 e. The molecule has 2 heteroatoms. The minimum absolute atomic E-state index is 0.409. The number of nitrogens with two attached hydrogens (primary N) is 1. The third kappa shape index (κ3) is 1.96. The Morgan fingerprint density at radius 3 is 2.80 bits per heavy atom. The third-order valence-electron chi connectivity index (χ3n) is 2.25. The maximum absolute atomic E-state index is 5.84. The molecule has 0 bridgehead atoms. The van der Waals surface area contributed by atoms with Gasteiger partial charge in [0.2, 0.25) is 0 Å². The van der Waals surface area contributed by atoms with Gasteiger partial charge in [-0.15, -0.1) is 0 Å². The average Bonchev–Trinajstić information content (AvgIpc) is 2.31. The molecular weight excluding hydrogens is 126 g/mol. The Kier molecular flexibility index (Phi) is 3.16. The van der Waals surface area contributed by atoms with E-state index in [1.54, 1.807) is 0 Å². The van der Waals surface area contributed by atoms with Crippen LogP contribution in [0.3, 0.4) is 0 Å². The van der Waals surface area contributed by atoms with Crippen LogP contribution in [0.4, 0.5) is 0 Å². The van der Waals surface area contributed by atoms with Crippen LogP contribution in [0, 0.1) is 5.92 Å². The molecule has 2 atom stereocenters. The van der Waals surface area contributed by atoms with Crippen LogP contribution in [0.1, 0.15) is 26.2 Å². The average molecular weight is 143 g/mol. The second-order valence-electron chi connectivity index (χ2n) is 3.01. The highest BCUT2D eigenvalue weighted by atomic mass is 16.5. The number of ether oxygens (including phenoxy) is 1. The van der Waals surface area contributed by atoms with Crippen LogP contribution in [0.15, 0.2) is 0 Å². The Morgan fingerprint density at radius 2 is 2.30 bits per heavy atom. The van der Waals surface area contributed by atoms with Gasteiger partial charge in [0.05, 0.1) is 6.61 Å². The summed E-state index contributed by atoms with van der Waals surface area (Å²) in [6.07, 6.45) is 3.75. The van der Waals surface area contributed by atoms with Gasteiger partial charge < -0.3 is 10.5 Å². The van der Waals surface area contributed by atoms with Crippen molar-refractivity contribution in [3.05, 3.63) is 0 Å². The standard InChI is InChI=1S/C8H17NO/c1-2-10-6-7-4-3-5-8(7)9/h7-8H,2-6,9H2,1H3. The molecule has 0 aromatic heterocycles. The first kappa shape index (κ1) is 8.02. The van der Waals surface area contributed by atoms with Gasteiger partial charge in [-0.2, -0.15) is 0 Å². The first-order chi connectivity index (χ1) is 4.84. The zero-order chi connectivity index (χ0) is 7.40. The zero-order valence-electron chi connectivity index (χ0n) is 6.68. The fourth-order valence-corrected chi connectivity index (χ4v) is 1.54. The van der Waals surface area contributed by atoms with Crippen LogP contribution in [0.2, 0.25) is 0 Å². The van der Waals surface area contributed by atoms with Gasteiger partial charge in [-0.3, -0.25) is 0 Å². The van der Waals surface area contributed by atoms with Crippen molar-refractivity contribution in [2.45, 2.75) is 32.2 Å². The van der Waals surface area contributed by atoms with E-state index in [1.165, 1.54) is 19.3 Å². The lowest BCUT2D eigenvalue weighted by Crippen LogP contribution is -2.27. The lowest BCUT2D eigenvalue weighted by atomic mass is 10.1. The van der Waals surface area contributed by atoms with Gasteiger partial charge >= 0.3 is 0 Å². The van der Waals surface area contributed by atoms with Gasteiger partial charge in [0.15, 0.2) is 0 Å². The van der Waals surface area contributed by atoms with Crippen LogP contribution in [0.25, 0.3) is 0 Å². The summed E-state index contributed by atoms with van der Waals surface area (Å²) in [5, 5.41) is 0. The molecule has 0 aromatic rings. The first-order valence-corrected chi connectivity index (χ1v) is 4.18. The van der Waals surface area contributed by atoms with E-state index < -0.39 is 0 Å². The molecule has 0 aliphatic heterocycles. The Balaban J connectivity index is 2.14. The molecule has 1 rings (SSSR count). The lowest BCUT2D eigenvalue weighted by molar-refractivity contribution is 0.107.